The standard InChI is InChI=1S/C14H12N6O2S/c1-9(13-17-10-4-2-3-5-11(10)21-13)23-14-19-18-12(22-14)6-20-8-15-7-16-20/h2-5,7-9H,6H2,1H3/t9-/m0/s1. The fourth-order valence-electron chi connectivity index (χ4n) is 2.07. The van der Waals surface area contributed by atoms with Crippen molar-refractivity contribution in [2.24, 2.45) is 0 Å². The highest BCUT2D eigenvalue weighted by molar-refractivity contribution is 7.99. The second-order valence-electron chi connectivity index (χ2n) is 4.83. The Morgan fingerprint density at radius 3 is 2.96 bits per heavy atom. The Hall–Kier alpha value is -2.68. The van der Waals surface area contributed by atoms with Gasteiger partial charge in [-0.25, -0.2) is 14.6 Å². The summed E-state index contributed by atoms with van der Waals surface area (Å²) in [6.45, 7) is 2.38. The fraction of sp³-hybridized carbons (Fsp3) is 0.214. The zero-order chi connectivity index (χ0) is 15.6. The molecule has 4 aromatic rings. The van der Waals surface area contributed by atoms with E-state index in [4.69, 9.17) is 8.83 Å². The monoisotopic (exact) mass is 328 g/mol. The van der Waals surface area contributed by atoms with Crippen molar-refractivity contribution < 1.29 is 8.83 Å². The maximum atomic E-state index is 5.75. The number of fused-ring (bicyclic) bond motifs is 1. The highest BCUT2D eigenvalue weighted by Crippen LogP contribution is 2.34. The third-order valence-electron chi connectivity index (χ3n) is 3.15. The average molecular weight is 328 g/mol. The first-order chi connectivity index (χ1) is 11.3. The van der Waals surface area contributed by atoms with Crippen molar-refractivity contribution in [3.05, 3.63) is 48.7 Å². The summed E-state index contributed by atoms with van der Waals surface area (Å²) in [6, 6.07) is 7.67. The number of para-hydroxylation sites is 2. The van der Waals surface area contributed by atoms with E-state index < -0.39 is 0 Å². The molecule has 0 bridgehead atoms. The molecule has 1 atom stereocenters. The number of benzene rings is 1. The molecule has 4 rings (SSSR count). The summed E-state index contributed by atoms with van der Waals surface area (Å²) < 4.78 is 13.0. The number of hydrogen-bond acceptors (Lipinski definition) is 8. The van der Waals surface area contributed by atoms with Gasteiger partial charge in [0.25, 0.3) is 5.22 Å². The van der Waals surface area contributed by atoms with Gasteiger partial charge >= 0.3 is 0 Å². The summed E-state index contributed by atoms with van der Waals surface area (Å²) >= 11 is 1.40. The van der Waals surface area contributed by atoms with Crippen molar-refractivity contribution in [3.8, 4) is 0 Å². The molecule has 0 spiro atoms. The molecule has 0 aliphatic heterocycles. The molecule has 0 unspecified atom stereocenters. The summed E-state index contributed by atoms with van der Waals surface area (Å²) in [5.41, 5.74) is 1.61. The van der Waals surface area contributed by atoms with Crippen LogP contribution < -0.4 is 0 Å². The molecular formula is C14H12N6O2S. The molecule has 8 nitrogen and oxygen atoms in total. The van der Waals surface area contributed by atoms with Crippen molar-refractivity contribution in [2.75, 3.05) is 0 Å². The maximum absolute atomic E-state index is 5.75. The first-order valence-electron chi connectivity index (χ1n) is 6.95. The molecule has 23 heavy (non-hydrogen) atoms. The third kappa shape index (κ3) is 2.95. The summed E-state index contributed by atoms with van der Waals surface area (Å²) in [5.74, 6) is 1.11. The number of thioether (sulfide) groups is 1. The summed E-state index contributed by atoms with van der Waals surface area (Å²) in [4.78, 5) is 8.35. The zero-order valence-corrected chi connectivity index (χ0v) is 13.0. The van der Waals surface area contributed by atoms with Crippen LogP contribution in [0.15, 0.2) is 51.0 Å². The van der Waals surface area contributed by atoms with Gasteiger partial charge in [0, 0.05) is 0 Å². The van der Waals surface area contributed by atoms with Crippen molar-refractivity contribution >= 4 is 22.9 Å². The van der Waals surface area contributed by atoms with Crippen LogP contribution in [-0.2, 0) is 6.54 Å². The van der Waals surface area contributed by atoms with Crippen LogP contribution >= 0.6 is 11.8 Å². The normalized spacial score (nSPS) is 12.7. The number of aromatic nitrogens is 6. The smallest absolute Gasteiger partial charge is 0.277 e. The first kappa shape index (κ1) is 13.9. The molecular weight excluding hydrogens is 316 g/mol. The van der Waals surface area contributed by atoms with Gasteiger partial charge in [0.15, 0.2) is 5.58 Å². The summed E-state index contributed by atoms with van der Waals surface area (Å²) in [5, 5.41) is 12.5. The van der Waals surface area contributed by atoms with E-state index in [-0.39, 0.29) is 5.25 Å². The van der Waals surface area contributed by atoms with Gasteiger partial charge in [0.05, 0.1) is 5.25 Å². The Morgan fingerprint density at radius 2 is 2.13 bits per heavy atom. The molecule has 0 amide bonds. The molecule has 1 aromatic carbocycles. The fourth-order valence-corrected chi connectivity index (χ4v) is 2.80. The minimum absolute atomic E-state index is 0.0397. The van der Waals surface area contributed by atoms with E-state index in [1.165, 1.54) is 18.1 Å². The second-order valence-corrected chi connectivity index (χ2v) is 6.13. The Balaban J connectivity index is 1.48. The van der Waals surface area contributed by atoms with E-state index in [0.29, 0.717) is 23.5 Å². The number of oxazole rings is 1. The molecule has 0 N–H and O–H groups in total. The lowest BCUT2D eigenvalue weighted by Crippen LogP contribution is -1.99. The molecule has 0 radical (unpaired) electrons. The van der Waals surface area contributed by atoms with Crippen LogP contribution in [0.5, 0.6) is 0 Å². The molecule has 0 aliphatic carbocycles. The Kier molecular flexibility index (Phi) is 3.54. The van der Waals surface area contributed by atoms with E-state index in [2.05, 4.69) is 25.3 Å². The topological polar surface area (TPSA) is 95.7 Å². The van der Waals surface area contributed by atoms with Gasteiger partial charge in [-0.3, -0.25) is 0 Å². The van der Waals surface area contributed by atoms with Gasteiger partial charge in [-0.1, -0.05) is 23.9 Å². The quantitative estimate of drug-likeness (QED) is 0.516. The van der Waals surface area contributed by atoms with Crippen LogP contribution in [0.1, 0.15) is 24.0 Å². The molecule has 0 aliphatic rings. The third-order valence-corrected chi connectivity index (χ3v) is 4.07. The van der Waals surface area contributed by atoms with Crippen molar-refractivity contribution in [1.29, 1.82) is 0 Å². The first-order valence-corrected chi connectivity index (χ1v) is 7.83. The highest BCUT2D eigenvalue weighted by atomic mass is 32.2. The van der Waals surface area contributed by atoms with E-state index in [1.807, 2.05) is 31.2 Å². The Morgan fingerprint density at radius 1 is 1.22 bits per heavy atom. The average Bonchev–Trinajstić information content (AvgIpc) is 3.28. The van der Waals surface area contributed by atoms with Gasteiger partial charge in [-0.2, -0.15) is 5.10 Å². The second kappa shape index (κ2) is 5.84. The predicted molar refractivity (Wildman–Crippen MR) is 81.7 cm³/mol. The predicted octanol–water partition coefficient (Wildman–Crippen LogP) is 2.70. The van der Waals surface area contributed by atoms with Gasteiger partial charge in [-0.15, -0.1) is 10.2 Å². The molecule has 0 saturated carbocycles. The van der Waals surface area contributed by atoms with Crippen molar-refractivity contribution in [3.63, 3.8) is 0 Å². The highest BCUT2D eigenvalue weighted by Gasteiger charge is 2.18. The van der Waals surface area contributed by atoms with Crippen LogP contribution in [0.4, 0.5) is 0 Å². The SMILES string of the molecule is C[C@H](Sc1nnc(Cn2cncn2)o1)c1nc2ccccc2o1. The molecule has 0 fully saturated rings. The Labute approximate surface area is 134 Å². The van der Waals surface area contributed by atoms with Crippen molar-refractivity contribution in [1.82, 2.24) is 29.9 Å². The van der Waals surface area contributed by atoms with Crippen LogP contribution in [0.3, 0.4) is 0 Å². The van der Waals surface area contributed by atoms with E-state index in [9.17, 15) is 0 Å². The number of rotatable bonds is 5. The van der Waals surface area contributed by atoms with Crippen LogP contribution in [0.2, 0.25) is 0 Å². The summed E-state index contributed by atoms with van der Waals surface area (Å²) in [6.07, 6.45) is 3.05. The summed E-state index contributed by atoms with van der Waals surface area (Å²) in [7, 11) is 0. The van der Waals surface area contributed by atoms with Gasteiger partial charge in [0.2, 0.25) is 11.8 Å². The lowest BCUT2D eigenvalue weighted by molar-refractivity contribution is 0.396. The number of nitrogens with zero attached hydrogens (tertiary/aromatic N) is 6. The van der Waals surface area contributed by atoms with E-state index in [1.54, 1.807) is 11.0 Å². The van der Waals surface area contributed by atoms with E-state index in [0.717, 1.165) is 11.1 Å². The molecule has 9 heteroatoms. The van der Waals surface area contributed by atoms with Crippen LogP contribution in [0, 0.1) is 0 Å². The van der Waals surface area contributed by atoms with Crippen LogP contribution in [-0.4, -0.2) is 29.9 Å². The van der Waals surface area contributed by atoms with E-state index >= 15 is 0 Å². The van der Waals surface area contributed by atoms with Gasteiger partial charge < -0.3 is 8.83 Å². The zero-order valence-electron chi connectivity index (χ0n) is 12.2. The molecule has 3 aromatic heterocycles. The van der Waals surface area contributed by atoms with Gasteiger partial charge in [-0.05, 0) is 19.1 Å². The molecule has 3 heterocycles. The van der Waals surface area contributed by atoms with Gasteiger partial charge in [0.1, 0.15) is 24.7 Å². The largest absolute Gasteiger partial charge is 0.439 e. The molecule has 116 valence electrons. The minimum atomic E-state index is -0.0397. The minimum Gasteiger partial charge on any atom is -0.439 e. The molecule has 0 saturated heterocycles. The van der Waals surface area contributed by atoms with Crippen molar-refractivity contribution in [2.45, 2.75) is 23.9 Å². The number of hydrogen-bond donors (Lipinski definition) is 0. The lowest BCUT2D eigenvalue weighted by Gasteiger charge is -2.01. The maximum Gasteiger partial charge on any atom is 0.277 e. The lowest BCUT2D eigenvalue weighted by atomic mass is 10.3. The van der Waals surface area contributed by atoms with Crippen LogP contribution in [0.25, 0.3) is 11.1 Å². The Bertz CT molecular complexity index is 883.